The second-order valence-corrected chi connectivity index (χ2v) is 11.9. The number of carbonyl (C=O) groups is 3. The number of amides is 3. The quantitative estimate of drug-likeness (QED) is 0.463. The SMILES string of the molecule is CN(C)C(=O)C(=O)Nc1cccc(Sc2ncc(N3CCC(C)(NC(=O)OC(C)(C)C)CC3)nc2N)c1Cl. The molecule has 2 aromatic rings. The van der Waals surface area contributed by atoms with Crippen LogP contribution in [0.5, 0.6) is 0 Å². The molecule has 0 unspecified atom stereocenters. The molecule has 0 radical (unpaired) electrons. The highest BCUT2D eigenvalue weighted by atomic mass is 35.5. The molecule has 38 heavy (non-hydrogen) atoms. The predicted molar refractivity (Wildman–Crippen MR) is 149 cm³/mol. The maximum absolute atomic E-state index is 12.2. The summed E-state index contributed by atoms with van der Waals surface area (Å²) in [6.07, 6.45) is 2.63. The molecule has 206 valence electrons. The van der Waals surface area contributed by atoms with E-state index < -0.39 is 23.5 Å². The lowest BCUT2D eigenvalue weighted by Crippen LogP contribution is -2.54. The number of alkyl carbamates (subject to hydrolysis) is 1. The Hall–Kier alpha value is -3.25. The highest BCUT2D eigenvalue weighted by Gasteiger charge is 2.33. The van der Waals surface area contributed by atoms with Crippen molar-refractivity contribution in [2.24, 2.45) is 0 Å². The van der Waals surface area contributed by atoms with Crippen molar-refractivity contribution in [2.75, 3.05) is 43.1 Å². The zero-order chi connectivity index (χ0) is 28.3. The number of halogens is 1. The smallest absolute Gasteiger partial charge is 0.408 e. The van der Waals surface area contributed by atoms with E-state index in [-0.39, 0.29) is 16.4 Å². The van der Waals surface area contributed by atoms with Crippen molar-refractivity contribution in [3.05, 3.63) is 29.4 Å². The number of nitrogens with two attached hydrogens (primary N) is 1. The molecule has 4 N–H and O–H groups in total. The van der Waals surface area contributed by atoms with Crippen LogP contribution in [0.4, 0.5) is 22.1 Å². The highest BCUT2D eigenvalue weighted by molar-refractivity contribution is 7.99. The van der Waals surface area contributed by atoms with Crippen LogP contribution in [0, 0.1) is 0 Å². The number of likely N-dealkylation sites (N-methyl/N-ethyl adjacent to an activating group) is 1. The number of piperidine rings is 1. The molecule has 1 fully saturated rings. The number of aromatic nitrogens is 2. The van der Waals surface area contributed by atoms with Crippen LogP contribution >= 0.6 is 23.4 Å². The third kappa shape index (κ3) is 7.64. The number of nitrogens with one attached hydrogen (secondary N) is 2. The van der Waals surface area contributed by atoms with Gasteiger partial charge in [0.1, 0.15) is 16.4 Å². The van der Waals surface area contributed by atoms with E-state index in [1.54, 1.807) is 24.4 Å². The van der Waals surface area contributed by atoms with Crippen LogP contribution < -0.4 is 21.3 Å². The van der Waals surface area contributed by atoms with Crippen LogP contribution in [0.1, 0.15) is 40.5 Å². The topological polar surface area (TPSA) is 143 Å². The van der Waals surface area contributed by atoms with Gasteiger partial charge in [0.25, 0.3) is 0 Å². The van der Waals surface area contributed by atoms with E-state index in [1.165, 1.54) is 30.8 Å². The largest absolute Gasteiger partial charge is 0.444 e. The Morgan fingerprint density at radius 3 is 2.45 bits per heavy atom. The van der Waals surface area contributed by atoms with Crippen molar-refractivity contribution in [3.8, 4) is 0 Å². The lowest BCUT2D eigenvalue weighted by molar-refractivity contribution is -0.141. The van der Waals surface area contributed by atoms with Crippen molar-refractivity contribution in [1.82, 2.24) is 20.2 Å². The number of hydrogen-bond donors (Lipinski definition) is 3. The van der Waals surface area contributed by atoms with Gasteiger partial charge in [-0.05, 0) is 52.7 Å². The van der Waals surface area contributed by atoms with Gasteiger partial charge >= 0.3 is 17.9 Å². The minimum absolute atomic E-state index is 0.237. The second kappa shape index (κ2) is 11.6. The van der Waals surface area contributed by atoms with Crippen LogP contribution in [0.15, 0.2) is 34.3 Å². The normalized spacial score (nSPS) is 15.0. The molecule has 1 saturated heterocycles. The minimum Gasteiger partial charge on any atom is -0.444 e. The number of nitrogens with zero attached hydrogens (tertiary/aromatic N) is 4. The molecule has 3 rings (SSSR count). The van der Waals surface area contributed by atoms with Gasteiger partial charge in [-0.25, -0.2) is 14.8 Å². The number of anilines is 3. The summed E-state index contributed by atoms with van der Waals surface area (Å²) in [6, 6.07) is 5.07. The van der Waals surface area contributed by atoms with E-state index in [0.29, 0.717) is 47.4 Å². The van der Waals surface area contributed by atoms with Gasteiger partial charge in [0, 0.05) is 37.6 Å². The molecular weight excluding hydrogens is 530 g/mol. The number of benzene rings is 1. The van der Waals surface area contributed by atoms with E-state index in [9.17, 15) is 14.4 Å². The van der Waals surface area contributed by atoms with E-state index in [2.05, 4.69) is 25.5 Å². The number of hydrogen-bond acceptors (Lipinski definition) is 9. The molecule has 0 spiro atoms. The van der Waals surface area contributed by atoms with Gasteiger partial charge in [0.2, 0.25) is 0 Å². The van der Waals surface area contributed by atoms with Gasteiger partial charge in [-0.15, -0.1) is 0 Å². The molecular formula is C25H34ClN7O4S. The Labute approximate surface area is 231 Å². The third-order valence-electron chi connectivity index (χ3n) is 5.76. The summed E-state index contributed by atoms with van der Waals surface area (Å²) in [7, 11) is 2.98. The molecule has 2 heterocycles. The van der Waals surface area contributed by atoms with Crippen molar-refractivity contribution in [2.45, 2.75) is 61.6 Å². The Kier molecular flexibility index (Phi) is 8.98. The molecule has 11 nitrogen and oxygen atoms in total. The number of ether oxygens (including phenoxy) is 1. The molecule has 0 atom stereocenters. The molecule has 1 aliphatic rings. The summed E-state index contributed by atoms with van der Waals surface area (Å²) in [5.41, 5.74) is 5.60. The third-order valence-corrected chi connectivity index (χ3v) is 7.35. The van der Waals surface area contributed by atoms with E-state index in [1.807, 2.05) is 27.7 Å². The Bertz CT molecular complexity index is 1210. The molecule has 0 bridgehead atoms. The lowest BCUT2D eigenvalue weighted by atomic mass is 9.90. The summed E-state index contributed by atoms with van der Waals surface area (Å²) < 4.78 is 5.40. The molecule has 13 heteroatoms. The van der Waals surface area contributed by atoms with Crippen LogP contribution in [-0.2, 0) is 14.3 Å². The first-order valence-corrected chi connectivity index (χ1v) is 13.2. The first kappa shape index (κ1) is 29.3. The summed E-state index contributed by atoms with van der Waals surface area (Å²) >= 11 is 7.70. The summed E-state index contributed by atoms with van der Waals surface area (Å²) in [5, 5.41) is 6.24. The molecule has 1 aliphatic heterocycles. The van der Waals surface area contributed by atoms with Gasteiger partial charge in [-0.1, -0.05) is 29.4 Å². The van der Waals surface area contributed by atoms with E-state index >= 15 is 0 Å². The predicted octanol–water partition coefficient (Wildman–Crippen LogP) is 3.77. The van der Waals surface area contributed by atoms with Gasteiger partial charge in [-0.2, -0.15) is 0 Å². The van der Waals surface area contributed by atoms with Crippen molar-refractivity contribution >= 4 is 58.6 Å². The van der Waals surface area contributed by atoms with E-state index in [4.69, 9.17) is 22.1 Å². The van der Waals surface area contributed by atoms with Gasteiger partial charge in [0.05, 0.1) is 16.9 Å². The van der Waals surface area contributed by atoms with E-state index in [0.717, 1.165) is 0 Å². The van der Waals surface area contributed by atoms with Gasteiger partial charge in [-0.3, -0.25) is 9.59 Å². The fourth-order valence-corrected chi connectivity index (χ4v) is 4.79. The minimum atomic E-state index is -0.790. The van der Waals surface area contributed by atoms with Crippen LogP contribution in [0.25, 0.3) is 0 Å². The Balaban J connectivity index is 1.65. The van der Waals surface area contributed by atoms with Crippen LogP contribution in [0.3, 0.4) is 0 Å². The lowest BCUT2D eigenvalue weighted by Gasteiger charge is -2.40. The zero-order valence-corrected chi connectivity index (χ0v) is 24.0. The average molecular weight is 564 g/mol. The van der Waals surface area contributed by atoms with Crippen LogP contribution in [0.2, 0.25) is 5.02 Å². The Morgan fingerprint density at radius 1 is 1.21 bits per heavy atom. The number of rotatable bonds is 5. The average Bonchev–Trinajstić information content (AvgIpc) is 2.81. The molecule has 1 aromatic carbocycles. The summed E-state index contributed by atoms with van der Waals surface area (Å²) in [6.45, 7) is 8.82. The summed E-state index contributed by atoms with van der Waals surface area (Å²) in [4.78, 5) is 49.1. The monoisotopic (exact) mass is 563 g/mol. The summed E-state index contributed by atoms with van der Waals surface area (Å²) in [5.74, 6) is -0.605. The molecule has 0 aliphatic carbocycles. The number of nitrogen functional groups attached to an aromatic ring is 1. The Morgan fingerprint density at radius 2 is 1.87 bits per heavy atom. The zero-order valence-electron chi connectivity index (χ0n) is 22.4. The molecule has 1 aromatic heterocycles. The van der Waals surface area contributed by atoms with Gasteiger partial charge in [0.15, 0.2) is 5.82 Å². The van der Waals surface area contributed by atoms with Gasteiger partial charge < -0.3 is 30.9 Å². The fraction of sp³-hybridized carbons (Fsp3) is 0.480. The standard InChI is InChI=1S/C25H34ClN7O4S/c1-24(2,3)37-23(36)31-25(4)10-12-33(13-11-25)17-14-28-21(19(27)30-17)38-16-9-7-8-15(18(16)26)29-20(34)22(35)32(5)6/h7-9,14H,10-13H2,1-6H3,(H2,27,30)(H,29,34)(H,31,36). The second-order valence-electron chi connectivity index (χ2n) is 10.5. The molecule has 3 amide bonds. The highest BCUT2D eigenvalue weighted by Crippen LogP contribution is 2.38. The maximum Gasteiger partial charge on any atom is 0.408 e. The number of carbonyl (C=O) groups excluding carboxylic acids is 3. The first-order valence-electron chi connectivity index (χ1n) is 12.0. The first-order chi connectivity index (χ1) is 17.7. The fourth-order valence-electron chi connectivity index (χ4n) is 3.69. The van der Waals surface area contributed by atoms with Crippen LogP contribution in [-0.4, -0.2) is 71.1 Å². The van der Waals surface area contributed by atoms with Crippen molar-refractivity contribution in [1.29, 1.82) is 0 Å². The molecule has 0 saturated carbocycles. The maximum atomic E-state index is 12.2. The van der Waals surface area contributed by atoms with Crippen molar-refractivity contribution in [3.63, 3.8) is 0 Å². The van der Waals surface area contributed by atoms with Crippen molar-refractivity contribution < 1.29 is 19.1 Å².